The number of nitrogens with one attached hydrogen (secondary N) is 2. The second kappa shape index (κ2) is 7.61. The van der Waals surface area contributed by atoms with Crippen molar-refractivity contribution in [3.05, 3.63) is 30.6 Å². The highest BCUT2D eigenvalue weighted by molar-refractivity contribution is 5.57. The van der Waals surface area contributed by atoms with Crippen molar-refractivity contribution in [1.82, 2.24) is 19.5 Å². The topological polar surface area (TPSA) is 67.7 Å². The van der Waals surface area contributed by atoms with Crippen LogP contribution in [0.25, 0.3) is 0 Å². The molecule has 1 atom stereocenters. The number of hydrogen-bond acceptors (Lipinski definition) is 5. The van der Waals surface area contributed by atoms with Crippen molar-refractivity contribution in [1.29, 1.82) is 0 Å². The normalized spacial score (nSPS) is 12.1. The predicted molar refractivity (Wildman–Crippen MR) is 85.5 cm³/mol. The highest BCUT2D eigenvalue weighted by atomic mass is 15.1. The summed E-state index contributed by atoms with van der Waals surface area (Å²) in [6.45, 7) is 8.10. The van der Waals surface area contributed by atoms with Crippen LogP contribution in [0.2, 0.25) is 0 Å². The number of hydrogen-bond donors (Lipinski definition) is 2. The van der Waals surface area contributed by atoms with Gasteiger partial charge in [0.15, 0.2) is 0 Å². The van der Waals surface area contributed by atoms with Crippen molar-refractivity contribution in [3.63, 3.8) is 0 Å². The third kappa shape index (κ3) is 4.18. The van der Waals surface area contributed by atoms with Crippen molar-refractivity contribution >= 4 is 11.6 Å². The standard InChI is InChI=1S/C15H24N6/c1-4-6-13-14(17-5-2)18-10-19-15(13)20-12(3)9-21-8-7-16-11-21/h7-8,10-12H,4-6,9H2,1-3H3,(H2,17,18,19,20). The zero-order chi connectivity index (χ0) is 15.1. The maximum Gasteiger partial charge on any atom is 0.134 e. The Kier molecular flexibility index (Phi) is 5.54. The minimum atomic E-state index is 0.263. The van der Waals surface area contributed by atoms with Gasteiger partial charge in [0.05, 0.1) is 6.33 Å². The Morgan fingerprint density at radius 3 is 2.71 bits per heavy atom. The van der Waals surface area contributed by atoms with Crippen molar-refractivity contribution < 1.29 is 0 Å². The van der Waals surface area contributed by atoms with Crippen LogP contribution < -0.4 is 10.6 Å². The first-order valence-electron chi connectivity index (χ1n) is 7.54. The first-order chi connectivity index (χ1) is 10.2. The van der Waals surface area contributed by atoms with E-state index in [0.29, 0.717) is 0 Å². The Labute approximate surface area is 126 Å². The average molecular weight is 288 g/mol. The molecule has 0 bridgehead atoms. The van der Waals surface area contributed by atoms with Crippen LogP contribution in [0, 0.1) is 0 Å². The summed E-state index contributed by atoms with van der Waals surface area (Å²) in [5.74, 6) is 1.86. The predicted octanol–water partition coefficient (Wildman–Crippen LogP) is 2.56. The Morgan fingerprint density at radius 2 is 2.05 bits per heavy atom. The van der Waals surface area contributed by atoms with Crippen LogP contribution >= 0.6 is 0 Å². The molecule has 6 nitrogen and oxygen atoms in total. The van der Waals surface area contributed by atoms with Gasteiger partial charge in [0.2, 0.25) is 0 Å². The smallest absolute Gasteiger partial charge is 0.134 e. The van der Waals surface area contributed by atoms with Crippen LogP contribution in [0.3, 0.4) is 0 Å². The summed E-state index contributed by atoms with van der Waals surface area (Å²) in [5, 5.41) is 6.81. The molecule has 1 unspecified atom stereocenters. The molecule has 0 aliphatic carbocycles. The number of imidazole rings is 1. The largest absolute Gasteiger partial charge is 0.370 e. The lowest BCUT2D eigenvalue weighted by Gasteiger charge is -2.19. The first kappa shape index (κ1) is 15.3. The second-order valence-corrected chi connectivity index (χ2v) is 5.13. The van der Waals surface area contributed by atoms with Crippen molar-refractivity contribution in [2.45, 2.75) is 46.2 Å². The van der Waals surface area contributed by atoms with Gasteiger partial charge in [-0.3, -0.25) is 0 Å². The van der Waals surface area contributed by atoms with Crippen LogP contribution in [-0.4, -0.2) is 32.1 Å². The fourth-order valence-corrected chi connectivity index (χ4v) is 2.33. The maximum atomic E-state index is 4.42. The van der Waals surface area contributed by atoms with E-state index in [-0.39, 0.29) is 6.04 Å². The molecule has 0 saturated carbocycles. The highest BCUT2D eigenvalue weighted by Gasteiger charge is 2.12. The van der Waals surface area contributed by atoms with Gasteiger partial charge in [-0.15, -0.1) is 0 Å². The van der Waals surface area contributed by atoms with Gasteiger partial charge in [0.25, 0.3) is 0 Å². The minimum Gasteiger partial charge on any atom is -0.370 e. The molecule has 2 aromatic rings. The molecule has 0 amide bonds. The second-order valence-electron chi connectivity index (χ2n) is 5.13. The zero-order valence-corrected chi connectivity index (χ0v) is 13.0. The van der Waals surface area contributed by atoms with Gasteiger partial charge in [0, 0.05) is 37.1 Å². The lowest BCUT2D eigenvalue weighted by Crippen LogP contribution is -2.23. The molecule has 0 aliphatic rings. The molecule has 2 rings (SSSR count). The number of rotatable bonds is 8. The van der Waals surface area contributed by atoms with Gasteiger partial charge in [0.1, 0.15) is 18.0 Å². The molecule has 0 aromatic carbocycles. The summed E-state index contributed by atoms with van der Waals surface area (Å²) in [7, 11) is 0. The molecule has 2 N–H and O–H groups in total. The van der Waals surface area contributed by atoms with E-state index in [0.717, 1.165) is 37.6 Å². The Hall–Kier alpha value is -2.11. The molecule has 0 radical (unpaired) electrons. The molecule has 2 heterocycles. The monoisotopic (exact) mass is 288 g/mol. The fourth-order valence-electron chi connectivity index (χ4n) is 2.33. The Morgan fingerprint density at radius 1 is 1.24 bits per heavy atom. The van der Waals surface area contributed by atoms with Gasteiger partial charge in [-0.2, -0.15) is 0 Å². The van der Waals surface area contributed by atoms with Crippen LogP contribution in [0.15, 0.2) is 25.0 Å². The summed E-state index contributed by atoms with van der Waals surface area (Å²) in [5.41, 5.74) is 1.17. The molecule has 0 fully saturated rings. The molecule has 0 spiro atoms. The van der Waals surface area contributed by atoms with E-state index in [1.54, 1.807) is 12.5 Å². The number of anilines is 2. The summed E-state index contributed by atoms with van der Waals surface area (Å²) in [6, 6.07) is 0.263. The molecule has 0 aliphatic heterocycles. The molecule has 21 heavy (non-hydrogen) atoms. The zero-order valence-electron chi connectivity index (χ0n) is 13.0. The molecule has 2 aromatic heterocycles. The summed E-state index contributed by atoms with van der Waals surface area (Å²) < 4.78 is 2.06. The Bertz CT molecular complexity index is 537. The van der Waals surface area contributed by atoms with Crippen LogP contribution in [0.4, 0.5) is 11.6 Å². The molecular formula is C15H24N6. The summed E-state index contributed by atoms with van der Waals surface area (Å²) in [4.78, 5) is 12.8. The van der Waals surface area contributed by atoms with E-state index in [2.05, 4.69) is 50.9 Å². The lowest BCUT2D eigenvalue weighted by atomic mass is 10.1. The third-order valence-electron chi connectivity index (χ3n) is 3.22. The molecule has 114 valence electrons. The van der Waals surface area contributed by atoms with E-state index in [1.807, 2.05) is 12.5 Å². The van der Waals surface area contributed by atoms with Gasteiger partial charge in [-0.25, -0.2) is 15.0 Å². The van der Waals surface area contributed by atoms with Gasteiger partial charge < -0.3 is 15.2 Å². The molecule has 0 saturated heterocycles. The van der Waals surface area contributed by atoms with Crippen LogP contribution in [0.1, 0.15) is 32.8 Å². The van der Waals surface area contributed by atoms with Crippen LogP contribution in [-0.2, 0) is 13.0 Å². The van der Waals surface area contributed by atoms with Crippen molar-refractivity contribution in [2.24, 2.45) is 0 Å². The van der Waals surface area contributed by atoms with E-state index in [9.17, 15) is 0 Å². The fraction of sp³-hybridized carbons (Fsp3) is 0.533. The quantitative estimate of drug-likeness (QED) is 0.781. The lowest BCUT2D eigenvalue weighted by molar-refractivity contribution is 0.616. The first-order valence-corrected chi connectivity index (χ1v) is 7.54. The molecule has 6 heteroatoms. The van der Waals surface area contributed by atoms with Crippen LogP contribution in [0.5, 0.6) is 0 Å². The minimum absolute atomic E-state index is 0.263. The van der Waals surface area contributed by atoms with Gasteiger partial charge in [-0.05, 0) is 20.3 Å². The average Bonchev–Trinajstić information content (AvgIpc) is 2.95. The van der Waals surface area contributed by atoms with Crippen molar-refractivity contribution in [3.8, 4) is 0 Å². The third-order valence-corrected chi connectivity index (χ3v) is 3.22. The summed E-state index contributed by atoms with van der Waals surface area (Å²) in [6.07, 6.45) is 9.23. The highest BCUT2D eigenvalue weighted by Crippen LogP contribution is 2.22. The van der Waals surface area contributed by atoms with E-state index < -0.39 is 0 Å². The van der Waals surface area contributed by atoms with Crippen molar-refractivity contribution in [2.75, 3.05) is 17.2 Å². The molecular weight excluding hydrogens is 264 g/mol. The van der Waals surface area contributed by atoms with E-state index in [1.165, 1.54) is 5.56 Å². The summed E-state index contributed by atoms with van der Waals surface area (Å²) >= 11 is 0. The van der Waals surface area contributed by atoms with Gasteiger partial charge in [-0.1, -0.05) is 13.3 Å². The van der Waals surface area contributed by atoms with Gasteiger partial charge >= 0.3 is 0 Å². The van der Waals surface area contributed by atoms with E-state index >= 15 is 0 Å². The SMILES string of the molecule is CCCc1c(NCC)ncnc1NC(C)Cn1ccnc1. The Balaban J connectivity index is 2.12. The number of aromatic nitrogens is 4. The van der Waals surface area contributed by atoms with E-state index in [4.69, 9.17) is 0 Å². The maximum absolute atomic E-state index is 4.42. The number of nitrogens with zero attached hydrogens (tertiary/aromatic N) is 4.